The molecule has 1 aliphatic rings. The SMILES string of the molecule is O=C(NCc1ccno1)C1CCCN1. The largest absolute Gasteiger partial charge is 0.360 e. The van der Waals surface area contributed by atoms with E-state index in [4.69, 9.17) is 4.52 Å². The Labute approximate surface area is 81.8 Å². The molecule has 1 aromatic heterocycles. The van der Waals surface area contributed by atoms with Crippen molar-refractivity contribution in [1.82, 2.24) is 15.8 Å². The molecule has 1 aromatic rings. The van der Waals surface area contributed by atoms with Crippen molar-refractivity contribution in [1.29, 1.82) is 0 Å². The summed E-state index contributed by atoms with van der Waals surface area (Å²) in [6, 6.07) is 1.71. The highest BCUT2D eigenvalue weighted by Crippen LogP contribution is 2.05. The van der Waals surface area contributed by atoms with E-state index in [1.807, 2.05) is 0 Å². The number of carbonyl (C=O) groups is 1. The van der Waals surface area contributed by atoms with Gasteiger partial charge < -0.3 is 15.2 Å². The third kappa shape index (κ3) is 2.11. The summed E-state index contributed by atoms with van der Waals surface area (Å²) in [5.41, 5.74) is 0. The number of hydrogen-bond acceptors (Lipinski definition) is 4. The third-order valence-electron chi connectivity index (χ3n) is 2.30. The Morgan fingerprint density at radius 3 is 3.36 bits per heavy atom. The van der Waals surface area contributed by atoms with Crippen LogP contribution in [0, 0.1) is 0 Å². The van der Waals surface area contributed by atoms with Gasteiger partial charge in [0.25, 0.3) is 0 Å². The summed E-state index contributed by atoms with van der Waals surface area (Å²) in [4.78, 5) is 11.5. The maximum absolute atomic E-state index is 11.5. The molecule has 0 aromatic carbocycles. The van der Waals surface area contributed by atoms with Crippen molar-refractivity contribution >= 4 is 5.91 Å². The second kappa shape index (κ2) is 4.23. The number of hydrogen-bond donors (Lipinski definition) is 2. The molecule has 1 amide bonds. The van der Waals surface area contributed by atoms with E-state index in [1.165, 1.54) is 0 Å². The van der Waals surface area contributed by atoms with Crippen LogP contribution in [-0.2, 0) is 11.3 Å². The first kappa shape index (κ1) is 9.21. The number of rotatable bonds is 3. The zero-order chi connectivity index (χ0) is 9.80. The maximum Gasteiger partial charge on any atom is 0.237 e. The van der Waals surface area contributed by atoms with Crippen molar-refractivity contribution in [2.24, 2.45) is 0 Å². The van der Waals surface area contributed by atoms with E-state index in [1.54, 1.807) is 12.3 Å². The predicted molar refractivity (Wildman–Crippen MR) is 49.4 cm³/mol. The zero-order valence-electron chi connectivity index (χ0n) is 7.82. The molecule has 0 bridgehead atoms. The summed E-state index contributed by atoms with van der Waals surface area (Å²) in [7, 11) is 0. The Kier molecular flexibility index (Phi) is 2.78. The molecule has 2 rings (SSSR count). The number of nitrogens with one attached hydrogen (secondary N) is 2. The highest BCUT2D eigenvalue weighted by Gasteiger charge is 2.21. The van der Waals surface area contributed by atoms with Crippen molar-refractivity contribution in [2.75, 3.05) is 6.54 Å². The highest BCUT2D eigenvalue weighted by atomic mass is 16.5. The highest BCUT2D eigenvalue weighted by molar-refractivity contribution is 5.81. The second-order valence-electron chi connectivity index (χ2n) is 3.35. The van der Waals surface area contributed by atoms with Gasteiger partial charge >= 0.3 is 0 Å². The molecule has 1 fully saturated rings. The van der Waals surface area contributed by atoms with Crippen molar-refractivity contribution in [3.8, 4) is 0 Å². The van der Waals surface area contributed by atoms with Crippen LogP contribution in [0.15, 0.2) is 16.8 Å². The van der Waals surface area contributed by atoms with Crippen molar-refractivity contribution in [3.63, 3.8) is 0 Å². The van der Waals surface area contributed by atoms with Crippen LogP contribution in [0.4, 0.5) is 0 Å². The van der Waals surface area contributed by atoms with Crippen LogP contribution < -0.4 is 10.6 Å². The van der Waals surface area contributed by atoms with Gasteiger partial charge in [-0.25, -0.2) is 0 Å². The monoisotopic (exact) mass is 195 g/mol. The molecule has 14 heavy (non-hydrogen) atoms. The van der Waals surface area contributed by atoms with Crippen LogP contribution >= 0.6 is 0 Å². The fourth-order valence-corrected chi connectivity index (χ4v) is 1.54. The molecular formula is C9H13N3O2. The molecular weight excluding hydrogens is 182 g/mol. The summed E-state index contributed by atoms with van der Waals surface area (Å²) in [6.45, 7) is 1.34. The van der Waals surface area contributed by atoms with Gasteiger partial charge in [0.05, 0.1) is 18.8 Å². The number of amides is 1. The second-order valence-corrected chi connectivity index (χ2v) is 3.35. The van der Waals surface area contributed by atoms with Gasteiger partial charge in [-0.2, -0.15) is 0 Å². The number of aromatic nitrogens is 1. The first-order valence-corrected chi connectivity index (χ1v) is 4.77. The van der Waals surface area contributed by atoms with Gasteiger partial charge in [0, 0.05) is 6.07 Å². The summed E-state index contributed by atoms with van der Waals surface area (Å²) in [5, 5.41) is 9.48. The first-order valence-electron chi connectivity index (χ1n) is 4.77. The molecule has 1 atom stereocenters. The normalized spacial score (nSPS) is 21.0. The van der Waals surface area contributed by atoms with E-state index in [0.29, 0.717) is 12.3 Å². The standard InChI is InChI=1S/C9H13N3O2/c13-9(8-2-1-4-10-8)11-6-7-3-5-12-14-7/h3,5,8,10H,1-2,4,6H2,(H,11,13). The molecule has 76 valence electrons. The Hall–Kier alpha value is -1.36. The van der Waals surface area contributed by atoms with Crippen LogP contribution in [-0.4, -0.2) is 23.7 Å². The van der Waals surface area contributed by atoms with Crippen LogP contribution in [0.25, 0.3) is 0 Å². The molecule has 1 aliphatic heterocycles. The summed E-state index contributed by atoms with van der Waals surface area (Å²) in [6.07, 6.45) is 3.55. The quantitative estimate of drug-likeness (QED) is 0.714. The topological polar surface area (TPSA) is 67.2 Å². The number of carbonyl (C=O) groups excluding carboxylic acids is 1. The third-order valence-corrected chi connectivity index (χ3v) is 2.30. The Morgan fingerprint density at radius 1 is 1.79 bits per heavy atom. The minimum atomic E-state index is -0.0297. The lowest BCUT2D eigenvalue weighted by molar-refractivity contribution is -0.123. The number of nitrogens with zero attached hydrogens (tertiary/aromatic N) is 1. The summed E-state index contributed by atoms with van der Waals surface area (Å²) in [5.74, 6) is 0.718. The van der Waals surface area contributed by atoms with E-state index >= 15 is 0 Å². The van der Waals surface area contributed by atoms with Crippen LogP contribution in [0.3, 0.4) is 0 Å². The zero-order valence-corrected chi connectivity index (χ0v) is 7.82. The lowest BCUT2D eigenvalue weighted by atomic mass is 10.2. The lowest BCUT2D eigenvalue weighted by Gasteiger charge is -2.09. The molecule has 1 saturated heterocycles. The molecule has 2 heterocycles. The van der Waals surface area contributed by atoms with E-state index in [-0.39, 0.29) is 11.9 Å². The predicted octanol–water partition coefficient (Wildman–Crippen LogP) is 0.0428. The molecule has 2 N–H and O–H groups in total. The van der Waals surface area contributed by atoms with Gasteiger partial charge in [-0.15, -0.1) is 0 Å². The minimum Gasteiger partial charge on any atom is -0.360 e. The van der Waals surface area contributed by atoms with Gasteiger partial charge in [-0.3, -0.25) is 4.79 Å². The lowest BCUT2D eigenvalue weighted by Crippen LogP contribution is -2.39. The van der Waals surface area contributed by atoms with Crippen LogP contribution in [0.5, 0.6) is 0 Å². The fraction of sp³-hybridized carbons (Fsp3) is 0.556. The maximum atomic E-state index is 11.5. The van der Waals surface area contributed by atoms with Crippen molar-refractivity contribution in [3.05, 3.63) is 18.0 Å². The molecule has 0 saturated carbocycles. The Balaban J connectivity index is 1.77. The van der Waals surface area contributed by atoms with Crippen molar-refractivity contribution in [2.45, 2.75) is 25.4 Å². The smallest absolute Gasteiger partial charge is 0.237 e. The van der Waals surface area contributed by atoms with Gasteiger partial charge in [0.15, 0.2) is 5.76 Å². The molecule has 0 aliphatic carbocycles. The molecule has 0 spiro atoms. The average molecular weight is 195 g/mol. The van der Waals surface area contributed by atoms with Gasteiger partial charge in [-0.05, 0) is 19.4 Å². The van der Waals surface area contributed by atoms with Crippen LogP contribution in [0.1, 0.15) is 18.6 Å². The van der Waals surface area contributed by atoms with Gasteiger partial charge in [-0.1, -0.05) is 5.16 Å². The minimum absolute atomic E-state index is 0.0297. The molecule has 0 radical (unpaired) electrons. The Morgan fingerprint density at radius 2 is 2.71 bits per heavy atom. The molecule has 5 heteroatoms. The van der Waals surface area contributed by atoms with E-state index in [0.717, 1.165) is 19.4 Å². The molecule has 1 unspecified atom stereocenters. The van der Waals surface area contributed by atoms with Crippen LogP contribution in [0.2, 0.25) is 0 Å². The van der Waals surface area contributed by atoms with E-state index in [9.17, 15) is 4.79 Å². The van der Waals surface area contributed by atoms with Crippen molar-refractivity contribution < 1.29 is 9.32 Å². The average Bonchev–Trinajstić information content (AvgIpc) is 2.87. The van der Waals surface area contributed by atoms with Gasteiger partial charge in [0.1, 0.15) is 0 Å². The summed E-state index contributed by atoms with van der Waals surface area (Å²) < 4.78 is 4.86. The van der Waals surface area contributed by atoms with E-state index < -0.39 is 0 Å². The first-order chi connectivity index (χ1) is 6.86. The fourth-order valence-electron chi connectivity index (χ4n) is 1.54. The Bertz CT molecular complexity index is 291. The molecule has 5 nitrogen and oxygen atoms in total. The summed E-state index contributed by atoms with van der Waals surface area (Å²) >= 11 is 0. The van der Waals surface area contributed by atoms with Gasteiger partial charge in [0.2, 0.25) is 5.91 Å². The van der Waals surface area contributed by atoms with E-state index in [2.05, 4.69) is 15.8 Å².